The molecule has 0 heterocycles. The third-order valence-corrected chi connectivity index (χ3v) is 4.32. The van der Waals surface area contributed by atoms with Gasteiger partial charge in [-0.05, 0) is 30.5 Å². The van der Waals surface area contributed by atoms with Crippen LogP contribution >= 0.6 is 0 Å². The summed E-state index contributed by atoms with van der Waals surface area (Å²) in [6.45, 7) is 1.80. The van der Waals surface area contributed by atoms with E-state index >= 15 is 0 Å². The molecule has 0 unspecified atom stereocenters. The van der Waals surface area contributed by atoms with E-state index in [2.05, 4.69) is 12.2 Å². The second-order valence-corrected chi connectivity index (χ2v) is 6.65. The van der Waals surface area contributed by atoms with E-state index in [1.807, 2.05) is 30.3 Å². The van der Waals surface area contributed by atoms with Gasteiger partial charge in [0.2, 0.25) is 0 Å². The number of hydrogen-bond acceptors (Lipinski definition) is 4. The van der Waals surface area contributed by atoms with Gasteiger partial charge in [-0.3, -0.25) is 14.4 Å². The maximum Gasteiger partial charge on any atom is 0.306 e. The van der Waals surface area contributed by atoms with Crippen molar-refractivity contribution in [3.05, 3.63) is 65.7 Å². The molecule has 0 fully saturated rings. The van der Waals surface area contributed by atoms with Crippen molar-refractivity contribution in [2.75, 3.05) is 11.9 Å². The Labute approximate surface area is 166 Å². The van der Waals surface area contributed by atoms with Crippen LogP contribution in [0.5, 0.6) is 0 Å². The maximum absolute atomic E-state index is 12.2. The molecular formula is C23H27NO4. The fraction of sp³-hybridized carbons (Fsp3) is 0.348. The van der Waals surface area contributed by atoms with Crippen LogP contribution in [0.25, 0.3) is 0 Å². The van der Waals surface area contributed by atoms with Crippen LogP contribution in [0.4, 0.5) is 5.69 Å². The minimum atomic E-state index is -0.562. The molecule has 0 atom stereocenters. The standard InChI is InChI=1S/C23H27NO4/c1-2-3-5-8-18-11-13-19(14-12-18)21(25)15-16-23(27)28-17-22(26)24-20-9-6-4-7-10-20/h4,6-7,9-14H,2-3,5,8,15-17H2,1H3,(H,24,26). The Kier molecular flexibility index (Phi) is 8.92. The molecular weight excluding hydrogens is 354 g/mol. The summed E-state index contributed by atoms with van der Waals surface area (Å²) in [6.07, 6.45) is 4.56. The van der Waals surface area contributed by atoms with Crippen molar-refractivity contribution in [3.8, 4) is 0 Å². The molecule has 148 valence electrons. The van der Waals surface area contributed by atoms with Crippen LogP contribution in [-0.2, 0) is 20.7 Å². The molecule has 2 rings (SSSR count). The molecule has 0 bridgehead atoms. The van der Waals surface area contributed by atoms with Gasteiger partial charge in [0.05, 0.1) is 6.42 Å². The van der Waals surface area contributed by atoms with Crippen LogP contribution < -0.4 is 5.32 Å². The fourth-order valence-corrected chi connectivity index (χ4v) is 2.73. The van der Waals surface area contributed by atoms with Crippen LogP contribution in [0.2, 0.25) is 0 Å². The van der Waals surface area contributed by atoms with E-state index in [9.17, 15) is 14.4 Å². The minimum Gasteiger partial charge on any atom is -0.456 e. The summed E-state index contributed by atoms with van der Waals surface area (Å²) < 4.78 is 4.93. The number of ketones is 1. The normalized spacial score (nSPS) is 10.3. The van der Waals surface area contributed by atoms with Gasteiger partial charge in [-0.1, -0.05) is 62.2 Å². The topological polar surface area (TPSA) is 72.5 Å². The molecule has 0 saturated heterocycles. The summed E-state index contributed by atoms with van der Waals surface area (Å²) in [4.78, 5) is 35.7. The first-order valence-corrected chi connectivity index (χ1v) is 9.71. The molecule has 0 aliphatic carbocycles. The summed E-state index contributed by atoms with van der Waals surface area (Å²) in [6, 6.07) is 16.5. The van der Waals surface area contributed by atoms with Crippen molar-refractivity contribution >= 4 is 23.3 Å². The number of Topliss-reactive ketones (excluding diaryl/α,β-unsaturated/α-hetero) is 1. The Morgan fingerprint density at radius 1 is 0.893 bits per heavy atom. The highest BCUT2D eigenvalue weighted by molar-refractivity contribution is 5.98. The van der Waals surface area contributed by atoms with Crippen molar-refractivity contribution < 1.29 is 19.1 Å². The predicted octanol–water partition coefficient (Wildman–Crippen LogP) is 4.56. The second-order valence-electron chi connectivity index (χ2n) is 6.65. The van der Waals surface area contributed by atoms with Crippen molar-refractivity contribution in [2.45, 2.75) is 45.4 Å². The van der Waals surface area contributed by atoms with Gasteiger partial charge in [0.1, 0.15) is 0 Å². The van der Waals surface area contributed by atoms with Gasteiger partial charge in [0.15, 0.2) is 12.4 Å². The van der Waals surface area contributed by atoms with E-state index in [0.717, 1.165) is 12.8 Å². The van der Waals surface area contributed by atoms with Gasteiger partial charge in [0.25, 0.3) is 5.91 Å². The summed E-state index contributed by atoms with van der Waals surface area (Å²) in [7, 11) is 0. The molecule has 1 amide bonds. The van der Waals surface area contributed by atoms with E-state index < -0.39 is 11.9 Å². The zero-order valence-corrected chi connectivity index (χ0v) is 16.3. The first-order chi connectivity index (χ1) is 13.6. The summed E-state index contributed by atoms with van der Waals surface area (Å²) in [5.41, 5.74) is 2.44. The lowest BCUT2D eigenvalue weighted by Gasteiger charge is -2.07. The van der Waals surface area contributed by atoms with Crippen molar-refractivity contribution in [2.24, 2.45) is 0 Å². The zero-order valence-electron chi connectivity index (χ0n) is 16.3. The Morgan fingerprint density at radius 2 is 1.61 bits per heavy atom. The smallest absolute Gasteiger partial charge is 0.306 e. The fourth-order valence-electron chi connectivity index (χ4n) is 2.73. The number of rotatable bonds is 11. The first-order valence-electron chi connectivity index (χ1n) is 9.71. The third-order valence-electron chi connectivity index (χ3n) is 4.32. The number of carbonyl (C=O) groups is 3. The SMILES string of the molecule is CCCCCc1ccc(C(=O)CCC(=O)OCC(=O)Nc2ccccc2)cc1. The predicted molar refractivity (Wildman–Crippen MR) is 109 cm³/mol. The number of amides is 1. The minimum absolute atomic E-state index is 0.0459. The number of benzene rings is 2. The quantitative estimate of drug-likeness (QED) is 0.352. The molecule has 0 radical (unpaired) electrons. The molecule has 28 heavy (non-hydrogen) atoms. The maximum atomic E-state index is 12.2. The summed E-state index contributed by atoms with van der Waals surface area (Å²) >= 11 is 0. The Balaban J connectivity index is 1.68. The number of para-hydroxylation sites is 1. The molecule has 0 aromatic heterocycles. The van der Waals surface area contributed by atoms with Crippen molar-refractivity contribution in [1.29, 1.82) is 0 Å². The first kappa shape index (κ1) is 21.4. The number of anilines is 1. The van der Waals surface area contributed by atoms with Crippen molar-refractivity contribution in [1.82, 2.24) is 0 Å². The Hall–Kier alpha value is -2.95. The highest BCUT2D eigenvalue weighted by Crippen LogP contribution is 2.12. The molecule has 2 aromatic rings. The lowest BCUT2D eigenvalue weighted by Crippen LogP contribution is -2.21. The van der Waals surface area contributed by atoms with E-state index in [4.69, 9.17) is 4.74 Å². The van der Waals surface area contributed by atoms with Crippen LogP contribution in [0.15, 0.2) is 54.6 Å². The van der Waals surface area contributed by atoms with Crippen LogP contribution in [0, 0.1) is 0 Å². The number of unbranched alkanes of at least 4 members (excludes halogenated alkanes) is 2. The lowest BCUT2D eigenvalue weighted by molar-refractivity contribution is -0.147. The van der Waals surface area contributed by atoms with Crippen LogP contribution in [0.3, 0.4) is 0 Å². The van der Waals surface area contributed by atoms with Gasteiger partial charge in [-0.2, -0.15) is 0 Å². The molecule has 0 aliphatic rings. The molecule has 0 aliphatic heterocycles. The van der Waals surface area contributed by atoms with Crippen molar-refractivity contribution in [3.63, 3.8) is 0 Å². The number of nitrogens with one attached hydrogen (secondary N) is 1. The number of carbonyl (C=O) groups excluding carboxylic acids is 3. The van der Waals surface area contributed by atoms with E-state index in [-0.39, 0.29) is 25.2 Å². The molecule has 0 spiro atoms. The van der Waals surface area contributed by atoms with Gasteiger partial charge in [-0.25, -0.2) is 0 Å². The number of aryl methyl sites for hydroxylation is 1. The van der Waals surface area contributed by atoms with Gasteiger partial charge < -0.3 is 10.1 Å². The highest BCUT2D eigenvalue weighted by Gasteiger charge is 2.12. The van der Waals surface area contributed by atoms with Crippen LogP contribution in [-0.4, -0.2) is 24.3 Å². The summed E-state index contributed by atoms with van der Waals surface area (Å²) in [5, 5.41) is 2.63. The monoisotopic (exact) mass is 381 g/mol. The third kappa shape index (κ3) is 7.74. The van der Waals surface area contributed by atoms with Gasteiger partial charge >= 0.3 is 5.97 Å². The largest absolute Gasteiger partial charge is 0.456 e. The average molecular weight is 381 g/mol. The highest BCUT2D eigenvalue weighted by atomic mass is 16.5. The molecule has 0 saturated carbocycles. The second kappa shape index (κ2) is 11.7. The van der Waals surface area contributed by atoms with E-state index in [1.54, 1.807) is 24.3 Å². The average Bonchev–Trinajstić information content (AvgIpc) is 2.72. The zero-order chi connectivity index (χ0) is 20.2. The van der Waals surface area contributed by atoms with Gasteiger partial charge in [-0.15, -0.1) is 0 Å². The molecule has 5 nitrogen and oxygen atoms in total. The van der Waals surface area contributed by atoms with E-state index in [0.29, 0.717) is 11.3 Å². The number of esters is 1. The Morgan fingerprint density at radius 3 is 2.29 bits per heavy atom. The number of hydrogen-bond donors (Lipinski definition) is 1. The molecule has 1 N–H and O–H groups in total. The Bertz CT molecular complexity index is 769. The number of ether oxygens (including phenoxy) is 1. The van der Waals surface area contributed by atoms with Crippen LogP contribution in [0.1, 0.15) is 54.9 Å². The lowest BCUT2D eigenvalue weighted by atomic mass is 10.0. The summed E-state index contributed by atoms with van der Waals surface area (Å²) in [5.74, 6) is -1.08. The van der Waals surface area contributed by atoms with Gasteiger partial charge in [0, 0.05) is 17.7 Å². The molecule has 5 heteroatoms. The molecule has 2 aromatic carbocycles. The van der Waals surface area contributed by atoms with E-state index in [1.165, 1.54) is 18.4 Å².